The Morgan fingerprint density at radius 1 is 1.32 bits per heavy atom. The van der Waals surface area contributed by atoms with E-state index in [-0.39, 0.29) is 28.0 Å². The smallest absolute Gasteiger partial charge is 0.251 e. The van der Waals surface area contributed by atoms with E-state index in [2.05, 4.69) is 10.3 Å². The molecule has 3 aromatic rings. The van der Waals surface area contributed by atoms with E-state index < -0.39 is 11.6 Å². The summed E-state index contributed by atoms with van der Waals surface area (Å²) in [5.74, 6) is -1.49. The van der Waals surface area contributed by atoms with Crippen molar-refractivity contribution in [3.8, 4) is 11.3 Å². The second-order valence-electron chi connectivity index (χ2n) is 4.86. The van der Waals surface area contributed by atoms with Crippen molar-refractivity contribution in [1.29, 1.82) is 0 Å². The number of hydrogen-bond acceptors (Lipinski definition) is 5. The third-order valence-electron chi connectivity index (χ3n) is 3.09. The third kappa shape index (κ3) is 4.31. The Bertz CT molecular complexity index is 918. The highest BCUT2D eigenvalue weighted by atomic mass is 32.2. The lowest BCUT2D eigenvalue weighted by atomic mass is 10.1. The minimum absolute atomic E-state index is 0.0233. The highest BCUT2D eigenvalue weighted by Gasteiger charge is 2.13. The molecule has 0 fully saturated rings. The first-order chi connectivity index (χ1) is 12.0. The van der Waals surface area contributed by atoms with Crippen LogP contribution in [0.1, 0.15) is 0 Å². The second kappa shape index (κ2) is 7.58. The van der Waals surface area contributed by atoms with Gasteiger partial charge in [0.05, 0.1) is 11.4 Å². The van der Waals surface area contributed by atoms with Crippen molar-refractivity contribution >= 4 is 34.1 Å². The molecule has 9 heteroatoms. The lowest BCUT2D eigenvalue weighted by molar-refractivity contribution is -0.645. The van der Waals surface area contributed by atoms with E-state index in [4.69, 9.17) is 0 Å². The van der Waals surface area contributed by atoms with Crippen molar-refractivity contribution in [2.75, 3.05) is 11.1 Å². The fourth-order valence-corrected chi connectivity index (χ4v) is 3.41. The predicted molar refractivity (Wildman–Crippen MR) is 92.2 cm³/mol. The van der Waals surface area contributed by atoms with Crippen LogP contribution in [0, 0.1) is 16.8 Å². The Labute approximate surface area is 149 Å². The molecule has 5 nitrogen and oxygen atoms in total. The highest BCUT2D eigenvalue weighted by Crippen LogP contribution is 2.27. The van der Waals surface area contributed by atoms with Crippen LogP contribution in [0.15, 0.2) is 53.0 Å². The summed E-state index contributed by atoms with van der Waals surface area (Å²) in [4.78, 5) is 16.1. The Kier molecular flexibility index (Phi) is 5.25. The van der Waals surface area contributed by atoms with Crippen LogP contribution in [0.2, 0.25) is 0 Å². The highest BCUT2D eigenvalue weighted by molar-refractivity contribution is 7.99. The van der Waals surface area contributed by atoms with Crippen LogP contribution < -0.4 is 10.0 Å². The molecule has 1 N–H and O–H groups in total. The number of aromatic nitrogens is 2. The summed E-state index contributed by atoms with van der Waals surface area (Å²) < 4.78 is 27.7. The van der Waals surface area contributed by atoms with Gasteiger partial charge in [-0.15, -0.1) is 11.3 Å². The zero-order chi connectivity index (χ0) is 17.8. The Morgan fingerprint density at radius 3 is 2.96 bits per heavy atom. The number of rotatable bonds is 5. The molecule has 2 heterocycles. The van der Waals surface area contributed by atoms with Crippen molar-refractivity contribution < 1.29 is 18.3 Å². The molecule has 0 aliphatic heterocycles. The van der Waals surface area contributed by atoms with E-state index in [0.717, 1.165) is 41.3 Å². The number of nitrogens with zero attached hydrogens (tertiary/aromatic N) is 2. The van der Waals surface area contributed by atoms with Crippen LogP contribution >= 0.6 is 23.1 Å². The number of pyridine rings is 1. The van der Waals surface area contributed by atoms with Gasteiger partial charge in [0.25, 0.3) is 5.03 Å². The van der Waals surface area contributed by atoms with Crippen molar-refractivity contribution in [3.05, 3.63) is 64.8 Å². The molecule has 0 saturated heterocycles. The van der Waals surface area contributed by atoms with Gasteiger partial charge in [0, 0.05) is 23.1 Å². The first-order valence-electron chi connectivity index (χ1n) is 7.05. The number of thioether (sulfide) groups is 1. The molecule has 0 aliphatic carbocycles. The lowest BCUT2D eigenvalue weighted by Gasteiger charge is -2.03. The zero-order valence-corrected chi connectivity index (χ0v) is 14.2. The largest absolute Gasteiger partial charge is 0.618 e. The first-order valence-corrected chi connectivity index (χ1v) is 8.91. The zero-order valence-electron chi connectivity index (χ0n) is 12.6. The van der Waals surface area contributed by atoms with Crippen molar-refractivity contribution in [3.63, 3.8) is 0 Å². The molecule has 0 aliphatic rings. The number of carbonyl (C=O) groups excluding carboxylic acids is 1. The summed E-state index contributed by atoms with van der Waals surface area (Å²) in [5, 5.41) is 16.3. The Hall–Kier alpha value is -2.52. The maximum Gasteiger partial charge on any atom is 0.251 e. The molecule has 128 valence electrons. The molecule has 0 unspecified atom stereocenters. The first kappa shape index (κ1) is 17.3. The Balaban J connectivity index is 1.64. The van der Waals surface area contributed by atoms with Gasteiger partial charge in [-0.3, -0.25) is 4.79 Å². The van der Waals surface area contributed by atoms with E-state index in [0.29, 0.717) is 9.76 Å². The molecule has 0 spiro atoms. The molecule has 1 aromatic carbocycles. The van der Waals surface area contributed by atoms with Gasteiger partial charge < -0.3 is 10.5 Å². The van der Waals surface area contributed by atoms with Gasteiger partial charge in [0.1, 0.15) is 11.6 Å². The van der Waals surface area contributed by atoms with E-state index in [1.165, 1.54) is 11.6 Å². The van der Waals surface area contributed by atoms with Crippen molar-refractivity contribution in [2.45, 2.75) is 5.03 Å². The fraction of sp³-hybridized carbons (Fsp3) is 0.0625. The number of thiazole rings is 1. The predicted octanol–water partition coefficient (Wildman–Crippen LogP) is 3.45. The topological polar surface area (TPSA) is 68.9 Å². The van der Waals surface area contributed by atoms with Gasteiger partial charge in [0.15, 0.2) is 11.3 Å². The van der Waals surface area contributed by atoms with Gasteiger partial charge in [-0.05, 0) is 36.0 Å². The van der Waals surface area contributed by atoms with Gasteiger partial charge >= 0.3 is 0 Å². The molecule has 2 aromatic heterocycles. The fourth-order valence-electron chi connectivity index (χ4n) is 1.97. The number of anilines is 1. The summed E-state index contributed by atoms with van der Waals surface area (Å²) in [6.45, 7) is 0. The van der Waals surface area contributed by atoms with Crippen LogP contribution in [0.4, 0.5) is 13.9 Å². The van der Waals surface area contributed by atoms with E-state index in [9.17, 15) is 18.8 Å². The molecule has 25 heavy (non-hydrogen) atoms. The normalized spacial score (nSPS) is 10.6. The Morgan fingerprint density at radius 2 is 2.16 bits per heavy atom. The molecular weight excluding hydrogens is 368 g/mol. The maximum atomic E-state index is 13.7. The number of halogens is 2. The molecule has 0 bridgehead atoms. The summed E-state index contributed by atoms with van der Waals surface area (Å²) in [5.41, 5.74) is 0.271. The number of benzene rings is 1. The number of nitrogens with one attached hydrogen (secondary N) is 1. The number of hydrogen-bond donors (Lipinski definition) is 1. The van der Waals surface area contributed by atoms with Gasteiger partial charge in [-0.1, -0.05) is 0 Å². The average molecular weight is 379 g/mol. The van der Waals surface area contributed by atoms with Crippen LogP contribution in [0.25, 0.3) is 11.3 Å². The molecule has 0 radical (unpaired) electrons. The van der Waals surface area contributed by atoms with Crippen molar-refractivity contribution in [1.82, 2.24) is 4.98 Å². The molecule has 1 amide bonds. The monoisotopic (exact) mass is 379 g/mol. The second-order valence-corrected chi connectivity index (χ2v) is 6.72. The van der Waals surface area contributed by atoms with Crippen molar-refractivity contribution in [2.24, 2.45) is 0 Å². The quantitative estimate of drug-likeness (QED) is 0.419. The van der Waals surface area contributed by atoms with Crippen LogP contribution in [0.3, 0.4) is 0 Å². The van der Waals surface area contributed by atoms with E-state index in [1.807, 2.05) is 0 Å². The molecule has 3 rings (SSSR count). The van der Waals surface area contributed by atoms with E-state index in [1.54, 1.807) is 18.2 Å². The summed E-state index contributed by atoms with van der Waals surface area (Å²) in [6.07, 6.45) is 1.35. The maximum absolute atomic E-state index is 13.7. The summed E-state index contributed by atoms with van der Waals surface area (Å²) >= 11 is 2.19. The van der Waals surface area contributed by atoms with Gasteiger partial charge in [-0.25, -0.2) is 13.8 Å². The SMILES string of the molecule is O=C(CSc1cccc[n+]1[O-])Nc1nc(-c2cc(F)ccc2F)cs1. The number of carbonyl (C=O) groups is 1. The van der Waals surface area contributed by atoms with E-state index >= 15 is 0 Å². The van der Waals surface area contributed by atoms with Crippen LogP contribution in [-0.2, 0) is 4.79 Å². The molecular formula is C16H11F2N3O2S2. The van der Waals surface area contributed by atoms with Gasteiger partial charge in [-0.2, -0.15) is 4.73 Å². The van der Waals surface area contributed by atoms with Crippen LogP contribution in [0.5, 0.6) is 0 Å². The summed E-state index contributed by atoms with van der Waals surface area (Å²) in [7, 11) is 0. The minimum Gasteiger partial charge on any atom is -0.618 e. The molecule has 0 atom stereocenters. The minimum atomic E-state index is -0.593. The summed E-state index contributed by atoms with van der Waals surface area (Å²) in [6, 6.07) is 8.01. The average Bonchev–Trinajstić information content (AvgIpc) is 3.04. The molecule has 0 saturated carbocycles. The van der Waals surface area contributed by atoms with Gasteiger partial charge in [0.2, 0.25) is 5.91 Å². The van der Waals surface area contributed by atoms with Crippen LogP contribution in [-0.4, -0.2) is 16.6 Å². The number of amides is 1. The standard InChI is InChI=1S/C16H11F2N3O2S2/c17-10-4-5-12(18)11(7-10)13-8-25-16(19-13)20-14(22)9-24-15-3-1-2-6-21(15)23/h1-8H,9H2,(H,19,20,22). The lowest BCUT2D eigenvalue weighted by Crippen LogP contribution is -2.28. The third-order valence-corrected chi connectivity index (χ3v) is 4.87.